The number of aryl methyl sites for hydroxylation is 1. The van der Waals surface area contributed by atoms with E-state index in [4.69, 9.17) is 0 Å². The fourth-order valence-corrected chi connectivity index (χ4v) is 4.06. The molecule has 4 rings (SSSR count). The van der Waals surface area contributed by atoms with Gasteiger partial charge in [-0.05, 0) is 44.2 Å². The molecule has 2 aromatic carbocycles. The van der Waals surface area contributed by atoms with Crippen LogP contribution in [0.5, 0.6) is 0 Å². The van der Waals surface area contributed by atoms with Crippen LogP contribution in [-0.4, -0.2) is 47.0 Å². The van der Waals surface area contributed by atoms with Gasteiger partial charge in [0.1, 0.15) is 11.6 Å². The summed E-state index contributed by atoms with van der Waals surface area (Å²) in [7, 11) is 0. The minimum absolute atomic E-state index is 0.00880. The van der Waals surface area contributed by atoms with Gasteiger partial charge < -0.3 is 9.80 Å². The third-order valence-electron chi connectivity index (χ3n) is 6.15. The van der Waals surface area contributed by atoms with Gasteiger partial charge in [-0.2, -0.15) is 26.3 Å². The molecule has 1 saturated heterocycles. The number of hydrogen-bond acceptors (Lipinski definition) is 4. The van der Waals surface area contributed by atoms with E-state index in [2.05, 4.69) is 9.97 Å². The molecule has 1 aliphatic rings. The maximum atomic E-state index is 13.7. The number of aromatic nitrogens is 2. The van der Waals surface area contributed by atoms with Crippen LogP contribution in [0.15, 0.2) is 42.5 Å². The third-order valence-corrected chi connectivity index (χ3v) is 6.15. The van der Waals surface area contributed by atoms with Crippen molar-refractivity contribution < 1.29 is 35.5 Å². The van der Waals surface area contributed by atoms with Gasteiger partial charge in [-0.15, -0.1) is 0 Å². The lowest BCUT2D eigenvalue weighted by Crippen LogP contribution is -2.49. The van der Waals surface area contributed by atoms with E-state index in [1.165, 1.54) is 23.1 Å². The van der Waals surface area contributed by atoms with Crippen LogP contribution in [0, 0.1) is 19.7 Å². The van der Waals surface area contributed by atoms with Crippen molar-refractivity contribution in [1.82, 2.24) is 14.9 Å². The van der Waals surface area contributed by atoms with Gasteiger partial charge in [0, 0.05) is 48.6 Å². The van der Waals surface area contributed by atoms with Crippen molar-refractivity contribution >= 4 is 11.7 Å². The Morgan fingerprint density at radius 2 is 1.43 bits per heavy atom. The van der Waals surface area contributed by atoms with Crippen LogP contribution in [0.3, 0.4) is 0 Å². The van der Waals surface area contributed by atoms with E-state index in [-0.39, 0.29) is 32.2 Å². The number of alkyl halides is 6. The molecule has 0 N–H and O–H groups in total. The SMILES string of the molecule is Cc1nc(-c2cccc(F)c2)nc(N2CCN(C(=O)c3cc(C(F)(F)F)cc(C(F)(F)F)c3)CC2)c1C. The zero-order valence-electron chi connectivity index (χ0n) is 19.7. The van der Waals surface area contributed by atoms with E-state index in [0.717, 1.165) is 5.56 Å². The lowest BCUT2D eigenvalue weighted by molar-refractivity contribution is -0.143. The molecule has 1 amide bonds. The Morgan fingerprint density at radius 3 is 1.97 bits per heavy atom. The standard InChI is InChI=1S/C25H21F7N4O/c1-14-15(2)33-21(16-4-3-5-20(26)12-16)34-22(14)35-6-8-36(9-7-35)23(37)17-10-18(24(27,28)29)13-19(11-17)25(30,31)32/h3-5,10-13H,6-9H2,1-2H3. The Bertz CT molecular complexity index is 1300. The average molecular weight is 526 g/mol. The smallest absolute Gasteiger partial charge is 0.353 e. The summed E-state index contributed by atoms with van der Waals surface area (Å²) in [4.78, 5) is 25.0. The molecule has 0 saturated carbocycles. The van der Waals surface area contributed by atoms with Crippen molar-refractivity contribution in [3.05, 3.63) is 76.2 Å². The van der Waals surface area contributed by atoms with Crippen molar-refractivity contribution in [3.8, 4) is 11.4 Å². The van der Waals surface area contributed by atoms with Crippen LogP contribution < -0.4 is 4.90 Å². The van der Waals surface area contributed by atoms with E-state index < -0.39 is 40.8 Å². The maximum absolute atomic E-state index is 13.7. The number of rotatable bonds is 3. The molecule has 196 valence electrons. The van der Waals surface area contributed by atoms with Crippen LogP contribution in [0.4, 0.5) is 36.6 Å². The molecule has 3 aromatic rings. The van der Waals surface area contributed by atoms with Gasteiger partial charge >= 0.3 is 12.4 Å². The molecule has 1 aromatic heterocycles. The van der Waals surface area contributed by atoms with Gasteiger partial charge in [0.05, 0.1) is 11.1 Å². The Balaban J connectivity index is 1.56. The predicted molar refractivity (Wildman–Crippen MR) is 121 cm³/mol. The summed E-state index contributed by atoms with van der Waals surface area (Å²) < 4.78 is 92.9. The summed E-state index contributed by atoms with van der Waals surface area (Å²) >= 11 is 0. The number of halogens is 7. The quantitative estimate of drug-likeness (QED) is 0.399. The second kappa shape index (κ2) is 9.64. The fourth-order valence-electron chi connectivity index (χ4n) is 4.06. The first kappa shape index (κ1) is 26.4. The summed E-state index contributed by atoms with van der Waals surface area (Å²) in [6.45, 7) is 4.14. The molecule has 0 unspecified atom stereocenters. The monoisotopic (exact) mass is 526 g/mol. The first-order valence-corrected chi connectivity index (χ1v) is 11.2. The third kappa shape index (κ3) is 5.67. The molecule has 37 heavy (non-hydrogen) atoms. The molecule has 1 fully saturated rings. The minimum Gasteiger partial charge on any atom is -0.353 e. The Hall–Kier alpha value is -3.70. The highest BCUT2D eigenvalue weighted by atomic mass is 19.4. The largest absolute Gasteiger partial charge is 0.416 e. The van der Waals surface area contributed by atoms with Crippen LogP contribution in [-0.2, 0) is 12.4 Å². The molecular weight excluding hydrogens is 505 g/mol. The second-order valence-corrected chi connectivity index (χ2v) is 8.67. The van der Waals surface area contributed by atoms with Crippen molar-refractivity contribution in [3.63, 3.8) is 0 Å². The summed E-state index contributed by atoms with van der Waals surface area (Å²) in [5.41, 5.74) is -1.87. The molecule has 0 radical (unpaired) electrons. The lowest BCUT2D eigenvalue weighted by Gasteiger charge is -2.36. The van der Waals surface area contributed by atoms with E-state index in [1.807, 2.05) is 4.90 Å². The number of anilines is 1. The number of carbonyl (C=O) groups is 1. The number of piperazine rings is 1. The van der Waals surface area contributed by atoms with E-state index in [0.29, 0.717) is 35.0 Å². The number of benzene rings is 2. The van der Waals surface area contributed by atoms with Crippen LogP contribution in [0.2, 0.25) is 0 Å². The summed E-state index contributed by atoms with van der Waals surface area (Å²) in [5, 5.41) is 0. The Labute approximate surface area is 207 Å². The summed E-state index contributed by atoms with van der Waals surface area (Å²) in [5.74, 6) is -0.513. The van der Waals surface area contributed by atoms with Crippen molar-refractivity contribution in [2.75, 3.05) is 31.1 Å². The minimum atomic E-state index is -5.04. The summed E-state index contributed by atoms with van der Waals surface area (Å²) in [6, 6.07) is 6.66. The normalized spacial score (nSPS) is 14.7. The molecule has 2 heterocycles. The number of amides is 1. The van der Waals surface area contributed by atoms with Gasteiger partial charge in [0.15, 0.2) is 5.82 Å². The molecular formula is C25H21F7N4O. The highest BCUT2D eigenvalue weighted by Crippen LogP contribution is 2.36. The number of carbonyl (C=O) groups excluding carboxylic acids is 1. The lowest BCUT2D eigenvalue weighted by atomic mass is 10.0. The van der Waals surface area contributed by atoms with Crippen molar-refractivity contribution in [1.29, 1.82) is 0 Å². The molecule has 0 atom stereocenters. The van der Waals surface area contributed by atoms with E-state index in [9.17, 15) is 35.5 Å². The number of hydrogen-bond donors (Lipinski definition) is 0. The molecule has 12 heteroatoms. The predicted octanol–water partition coefficient (Wildman–Crippen LogP) is 5.90. The van der Waals surface area contributed by atoms with Crippen molar-refractivity contribution in [2.45, 2.75) is 26.2 Å². The first-order valence-electron chi connectivity index (χ1n) is 11.2. The average Bonchev–Trinajstić information content (AvgIpc) is 2.84. The van der Waals surface area contributed by atoms with Gasteiger partial charge in [-0.25, -0.2) is 14.4 Å². The molecule has 5 nitrogen and oxygen atoms in total. The van der Waals surface area contributed by atoms with Crippen molar-refractivity contribution in [2.24, 2.45) is 0 Å². The topological polar surface area (TPSA) is 49.3 Å². The summed E-state index contributed by atoms with van der Waals surface area (Å²) in [6.07, 6.45) is -10.1. The van der Waals surface area contributed by atoms with Gasteiger partial charge in [0.2, 0.25) is 0 Å². The number of nitrogens with zero attached hydrogens (tertiary/aromatic N) is 4. The van der Waals surface area contributed by atoms with Gasteiger partial charge in [-0.1, -0.05) is 12.1 Å². The molecule has 0 spiro atoms. The van der Waals surface area contributed by atoms with Crippen LogP contribution in [0.1, 0.15) is 32.7 Å². The maximum Gasteiger partial charge on any atom is 0.416 e. The van der Waals surface area contributed by atoms with Gasteiger partial charge in [0.25, 0.3) is 5.91 Å². The van der Waals surface area contributed by atoms with E-state index in [1.54, 1.807) is 19.9 Å². The van der Waals surface area contributed by atoms with E-state index >= 15 is 0 Å². The highest BCUT2D eigenvalue weighted by molar-refractivity contribution is 5.95. The molecule has 1 aliphatic heterocycles. The first-order chi connectivity index (χ1) is 17.2. The zero-order valence-corrected chi connectivity index (χ0v) is 19.7. The molecule has 0 aliphatic carbocycles. The Kier molecular flexibility index (Phi) is 6.87. The second-order valence-electron chi connectivity index (χ2n) is 8.67. The zero-order chi connectivity index (χ0) is 27.1. The molecule has 0 bridgehead atoms. The van der Waals surface area contributed by atoms with Crippen LogP contribution in [0.25, 0.3) is 11.4 Å². The van der Waals surface area contributed by atoms with Gasteiger partial charge in [-0.3, -0.25) is 4.79 Å². The fraction of sp³-hybridized carbons (Fsp3) is 0.320. The Morgan fingerprint density at radius 1 is 0.838 bits per heavy atom. The highest BCUT2D eigenvalue weighted by Gasteiger charge is 2.38. The van der Waals surface area contributed by atoms with Crippen LogP contribution >= 0.6 is 0 Å².